The van der Waals surface area contributed by atoms with E-state index in [1.54, 1.807) is 18.2 Å². The van der Waals surface area contributed by atoms with Crippen LogP contribution >= 0.6 is 0 Å². The molecule has 0 amide bonds. The van der Waals surface area contributed by atoms with Crippen LogP contribution in [0.4, 0.5) is 0 Å². The van der Waals surface area contributed by atoms with Crippen molar-refractivity contribution in [2.75, 3.05) is 0 Å². The molecule has 7 aromatic carbocycles. The molecule has 11 rings (SSSR count). The Kier molecular flexibility index (Phi) is 7.84. The van der Waals surface area contributed by atoms with Crippen molar-refractivity contribution in [2.24, 2.45) is 5.41 Å². The van der Waals surface area contributed by atoms with Crippen molar-refractivity contribution in [3.63, 3.8) is 0 Å². The van der Waals surface area contributed by atoms with E-state index in [2.05, 4.69) is 140 Å². The second kappa shape index (κ2) is 15.8. The Hall–Kier alpha value is -6.55. The number of ether oxygens (including phenoxy) is 1. The first kappa shape index (κ1) is 33.8. The molecule has 342 valence electrons. The molecule has 0 radical (unpaired) electrons. The number of hydrogen-bond acceptors (Lipinski definition) is 2. The summed E-state index contributed by atoms with van der Waals surface area (Å²) in [5, 5.41) is 2.22. The summed E-state index contributed by atoms with van der Waals surface area (Å²) in [6, 6.07) is 28.7. The maximum absolute atomic E-state index is 9.19. The molecule has 6 heteroatoms. The molecular weight excluding hydrogens is 1010 g/mol. The molecule has 0 atom stereocenters. The number of pyridine rings is 1. The van der Waals surface area contributed by atoms with Gasteiger partial charge in [0.1, 0.15) is 0 Å². The topological polar surface area (TPSA) is 36.9 Å². The van der Waals surface area contributed by atoms with E-state index < -0.39 is 60.4 Å². The summed E-state index contributed by atoms with van der Waals surface area (Å²) in [4.78, 5) is 5.00. The predicted octanol–water partition coefficient (Wildman–Crippen LogP) is 16.3. The Bertz CT molecular complexity index is 4170. The summed E-state index contributed by atoms with van der Waals surface area (Å²) >= 11 is 2.22. The van der Waals surface area contributed by atoms with Gasteiger partial charge < -0.3 is 0 Å². The van der Waals surface area contributed by atoms with Gasteiger partial charge in [0, 0.05) is 6.20 Å². The monoisotopic (exact) mass is 1080 g/mol. The van der Waals surface area contributed by atoms with Gasteiger partial charge in [-0.1, -0.05) is 47.6 Å². The van der Waals surface area contributed by atoms with Gasteiger partial charge in [-0.25, -0.2) is 0 Å². The molecule has 0 saturated carbocycles. The zero-order valence-electron chi connectivity index (χ0n) is 49.9. The van der Waals surface area contributed by atoms with Crippen molar-refractivity contribution in [2.45, 2.75) is 85.5 Å². The van der Waals surface area contributed by atoms with Crippen LogP contribution in [-0.4, -0.2) is 18.7 Å². The van der Waals surface area contributed by atoms with Crippen LogP contribution in [-0.2, 0) is 35.6 Å². The van der Waals surface area contributed by atoms with Gasteiger partial charge in [0.2, 0.25) is 0 Å². The van der Waals surface area contributed by atoms with E-state index >= 15 is 0 Å². The third-order valence-corrected chi connectivity index (χ3v) is 16.2. The van der Waals surface area contributed by atoms with Gasteiger partial charge in [-0.2, -0.15) is 0 Å². The van der Waals surface area contributed by atoms with Crippen molar-refractivity contribution in [1.29, 1.82) is 0 Å². The van der Waals surface area contributed by atoms with Gasteiger partial charge in [-0.15, -0.1) is 0 Å². The first-order valence-electron chi connectivity index (χ1n) is 28.0. The number of rotatable bonds is 7. The van der Waals surface area contributed by atoms with Crippen LogP contribution in [0.3, 0.4) is 0 Å². The number of aryl methyl sites for hydroxylation is 1. The molecule has 0 spiro atoms. The van der Waals surface area contributed by atoms with E-state index in [9.17, 15) is 5.48 Å². The molecular formula is C62H58N4OPt. The van der Waals surface area contributed by atoms with Gasteiger partial charge in [0.15, 0.2) is 0 Å². The van der Waals surface area contributed by atoms with E-state index in [0.717, 1.165) is 50.0 Å². The molecule has 0 N–H and O–H groups in total. The van der Waals surface area contributed by atoms with Crippen molar-refractivity contribution in [3.8, 4) is 50.9 Å². The van der Waals surface area contributed by atoms with Gasteiger partial charge in [-0.3, -0.25) is 0 Å². The fraction of sp³-hybridized carbons (Fsp3) is 0.226. The molecule has 3 aromatic heterocycles. The van der Waals surface area contributed by atoms with Crippen LogP contribution in [0.15, 0.2) is 170 Å². The van der Waals surface area contributed by atoms with Crippen LogP contribution in [0.25, 0.3) is 72.3 Å². The van der Waals surface area contributed by atoms with Crippen molar-refractivity contribution < 1.29 is 37.8 Å². The molecule has 68 heavy (non-hydrogen) atoms. The normalized spacial score (nSPS) is 17.1. The fourth-order valence-corrected chi connectivity index (χ4v) is 11.6. The van der Waals surface area contributed by atoms with Crippen LogP contribution < -0.4 is 4.74 Å². The Balaban J connectivity index is 1.16. The zero-order chi connectivity index (χ0) is 56.2. The molecule has 0 fully saturated rings. The van der Waals surface area contributed by atoms with Crippen molar-refractivity contribution in [1.82, 2.24) is 18.7 Å². The van der Waals surface area contributed by atoms with E-state index in [4.69, 9.17) is 17.9 Å². The summed E-state index contributed by atoms with van der Waals surface area (Å²) in [6.45, 7) is 22.7. The average Bonchev–Trinajstić information content (AvgIpc) is 4.11. The second-order valence-electron chi connectivity index (χ2n) is 20.6. The van der Waals surface area contributed by atoms with E-state index in [1.807, 2.05) is 53.2 Å². The van der Waals surface area contributed by atoms with E-state index in [0.29, 0.717) is 20.8 Å². The number of imidazole rings is 1. The molecule has 1 aliphatic rings. The van der Waals surface area contributed by atoms with Gasteiger partial charge in [-0.05, 0) is 40.4 Å². The number of hydrogen-bond donors (Lipinski definition) is 0. The van der Waals surface area contributed by atoms with Crippen LogP contribution in [0, 0.1) is 16.1 Å². The Labute approximate surface area is 425 Å². The van der Waals surface area contributed by atoms with E-state index in [-0.39, 0.29) is 49.6 Å². The zero-order valence-corrected chi connectivity index (χ0v) is 42.2. The Morgan fingerprint density at radius 2 is 1.24 bits per heavy atom. The standard InChI is InChI=1S/C62H58N4O.Pt/c1-40-32-33-63-55(34-40)66-54-38-45(28-29-49(54)50-30-31-51-56(58(50)66)61(7,8)62(9,10)60(51,5)6)67-46-36-43(59(2,3)4)35-44(37-46)64-39-65(53-27-18-17-26-52(53)64)57-47(41-20-13-11-14-21-41)24-19-25-48(57)42-22-15-12-16-23-42;/h11-38H,1-10H3;/i11D,12D,13D,14D,15D,16D,20D,21D,22D,23D;. The average molecular weight is 1080 g/mol. The maximum atomic E-state index is 9.19. The predicted molar refractivity (Wildman–Crippen MR) is 279 cm³/mol. The first-order valence-corrected chi connectivity index (χ1v) is 24.1. The summed E-state index contributed by atoms with van der Waals surface area (Å²) in [5.41, 5.74) is 8.57. The number of benzene rings is 7. The first-order chi connectivity index (χ1) is 36.6. The quantitative estimate of drug-likeness (QED) is 0.159. The Morgan fingerprint density at radius 1 is 0.603 bits per heavy atom. The van der Waals surface area contributed by atoms with Gasteiger partial charge in [0.05, 0.1) is 0 Å². The summed E-state index contributed by atoms with van der Waals surface area (Å²) in [6.07, 6.45) is 1.87. The van der Waals surface area contributed by atoms with Crippen LogP contribution in [0.1, 0.15) is 98.3 Å². The molecule has 3 heterocycles. The fourth-order valence-electron chi connectivity index (χ4n) is 10.5. The van der Waals surface area contributed by atoms with Crippen LogP contribution in [0.5, 0.6) is 11.5 Å². The minimum atomic E-state index is -0.557. The van der Waals surface area contributed by atoms with Gasteiger partial charge >= 0.3 is 333 Å². The minimum absolute atomic E-state index is 0.0788. The molecule has 0 bridgehead atoms. The third-order valence-electron chi connectivity index (χ3n) is 15.2. The van der Waals surface area contributed by atoms with Crippen molar-refractivity contribution in [3.05, 3.63) is 196 Å². The molecule has 0 saturated heterocycles. The summed E-state index contributed by atoms with van der Waals surface area (Å²) in [7, 11) is 0. The second-order valence-corrected chi connectivity index (χ2v) is 21.7. The number of fused-ring (bicyclic) bond motifs is 6. The van der Waals surface area contributed by atoms with Crippen LogP contribution in [0.2, 0.25) is 0 Å². The number of nitrogens with zero attached hydrogens (tertiary/aromatic N) is 4. The molecule has 0 unspecified atom stereocenters. The van der Waals surface area contributed by atoms with Crippen molar-refractivity contribution >= 4 is 32.8 Å². The Morgan fingerprint density at radius 3 is 1.87 bits per heavy atom. The molecule has 0 aliphatic heterocycles. The molecule has 10 aromatic rings. The molecule has 5 nitrogen and oxygen atoms in total. The summed E-state index contributed by atoms with van der Waals surface area (Å²) < 4.78 is 102. The van der Waals surface area contributed by atoms with E-state index in [1.165, 1.54) is 11.1 Å². The third kappa shape index (κ3) is 6.67. The number of aromatic nitrogens is 4. The summed E-state index contributed by atoms with van der Waals surface area (Å²) in [5.74, 6) is 2.01. The number of para-hydroxylation sites is 3. The molecule has 1 aliphatic carbocycles. The SMILES string of the molecule is [2H]c1c([2H])c([2H])c(-c2cccc(-c3c([2H])c([2H])c([2H])c([2H])c3[2H])c2-n2[c](=[Pt])n(-c3cc(Oc4ccc5c6ccc7c(c6n(-c6cc(C)ccn6)c5c4)C(C)(C)C(C)(C)C7(C)C)cc(C(C)(C)C)c3)c3ccccc32)c([2H])c1[2H]. The van der Waals surface area contributed by atoms with Gasteiger partial charge in [0.25, 0.3) is 0 Å².